The van der Waals surface area contributed by atoms with Crippen LogP contribution < -0.4 is 0 Å². The van der Waals surface area contributed by atoms with E-state index in [0.29, 0.717) is 0 Å². The van der Waals surface area contributed by atoms with Gasteiger partial charge in [-0.3, -0.25) is 0 Å². The third-order valence-corrected chi connectivity index (χ3v) is 1.91. The zero-order valence-corrected chi connectivity index (χ0v) is 8.01. The lowest BCUT2D eigenvalue weighted by atomic mass is 9.81. The Morgan fingerprint density at radius 2 is 2.25 bits per heavy atom. The average molecular weight is 163 g/mol. The summed E-state index contributed by atoms with van der Waals surface area (Å²) in [6, 6.07) is 2.36. The van der Waals surface area contributed by atoms with Gasteiger partial charge in [0.2, 0.25) is 0 Å². The molecule has 0 aromatic heterocycles. The van der Waals surface area contributed by atoms with Crippen molar-refractivity contribution in [1.82, 2.24) is 0 Å². The molecule has 12 heavy (non-hydrogen) atoms. The maximum absolute atomic E-state index is 9.02. The van der Waals surface area contributed by atoms with E-state index in [1.54, 1.807) is 0 Å². The van der Waals surface area contributed by atoms with Gasteiger partial charge in [-0.1, -0.05) is 31.6 Å². The van der Waals surface area contributed by atoms with Gasteiger partial charge in [-0.25, -0.2) is 0 Å². The van der Waals surface area contributed by atoms with E-state index in [-0.39, 0.29) is 5.41 Å². The molecule has 0 spiro atoms. The molecule has 0 N–H and O–H groups in total. The molecule has 1 unspecified atom stereocenters. The minimum atomic E-state index is -0.300. The van der Waals surface area contributed by atoms with Crippen molar-refractivity contribution in [1.29, 1.82) is 5.26 Å². The summed E-state index contributed by atoms with van der Waals surface area (Å²) in [6.07, 6.45) is 8.45. The summed E-state index contributed by atoms with van der Waals surface area (Å²) in [4.78, 5) is 0. The van der Waals surface area contributed by atoms with Crippen LogP contribution in [0.2, 0.25) is 0 Å². The van der Waals surface area contributed by atoms with E-state index in [4.69, 9.17) is 5.26 Å². The fourth-order valence-corrected chi connectivity index (χ4v) is 1.41. The predicted molar refractivity (Wildman–Crippen MR) is 52.6 cm³/mol. The highest BCUT2D eigenvalue weighted by Gasteiger charge is 2.23. The fourth-order valence-electron chi connectivity index (χ4n) is 1.41. The molecule has 66 valence electrons. The van der Waals surface area contributed by atoms with E-state index in [2.05, 4.69) is 19.6 Å². The molecule has 0 bridgehead atoms. The second-order valence-electron chi connectivity index (χ2n) is 3.01. The molecule has 1 nitrogen and oxygen atoms in total. The summed E-state index contributed by atoms with van der Waals surface area (Å²) < 4.78 is 0. The van der Waals surface area contributed by atoms with Crippen molar-refractivity contribution in [3.63, 3.8) is 0 Å². The Morgan fingerprint density at radius 1 is 1.58 bits per heavy atom. The Morgan fingerprint density at radius 3 is 2.58 bits per heavy atom. The Labute approximate surface area is 75.4 Å². The highest BCUT2D eigenvalue weighted by Crippen LogP contribution is 2.29. The summed E-state index contributed by atoms with van der Waals surface area (Å²) in [5.74, 6) is 0. The van der Waals surface area contributed by atoms with Crippen LogP contribution in [0.1, 0.15) is 33.1 Å². The topological polar surface area (TPSA) is 23.8 Å². The molecule has 0 heterocycles. The molecule has 0 aliphatic heterocycles. The second kappa shape index (κ2) is 5.60. The van der Waals surface area contributed by atoms with Crippen molar-refractivity contribution in [3.05, 3.63) is 24.8 Å². The van der Waals surface area contributed by atoms with Gasteiger partial charge in [0.15, 0.2) is 0 Å². The van der Waals surface area contributed by atoms with Crippen LogP contribution in [0.15, 0.2) is 24.8 Å². The van der Waals surface area contributed by atoms with Gasteiger partial charge in [0.1, 0.15) is 0 Å². The lowest BCUT2D eigenvalue weighted by Crippen LogP contribution is -2.13. The Bertz CT molecular complexity index is 198. The normalized spacial score (nSPS) is 15.4. The van der Waals surface area contributed by atoms with E-state index in [9.17, 15) is 0 Å². The van der Waals surface area contributed by atoms with Crippen molar-refractivity contribution < 1.29 is 0 Å². The largest absolute Gasteiger partial charge is 0.197 e. The van der Waals surface area contributed by atoms with E-state index >= 15 is 0 Å². The molecule has 0 rings (SSSR count). The molecule has 1 atom stereocenters. The lowest BCUT2D eigenvalue weighted by molar-refractivity contribution is 0.463. The predicted octanol–water partition coefficient (Wildman–Crippen LogP) is 3.45. The molecule has 0 aliphatic carbocycles. The quantitative estimate of drug-likeness (QED) is 0.569. The van der Waals surface area contributed by atoms with Crippen molar-refractivity contribution in [2.45, 2.75) is 33.1 Å². The number of allylic oxidation sites excluding steroid dienone is 3. The highest BCUT2D eigenvalue weighted by atomic mass is 14.3. The fraction of sp³-hybridized carbons (Fsp3) is 0.545. The zero-order valence-electron chi connectivity index (χ0n) is 8.01. The first kappa shape index (κ1) is 11.0. The summed E-state index contributed by atoms with van der Waals surface area (Å²) in [6.45, 7) is 7.72. The number of hydrogen-bond donors (Lipinski definition) is 0. The van der Waals surface area contributed by atoms with E-state index < -0.39 is 0 Å². The van der Waals surface area contributed by atoms with Gasteiger partial charge in [0.05, 0.1) is 11.5 Å². The van der Waals surface area contributed by atoms with Crippen LogP contribution in [0.25, 0.3) is 0 Å². The first-order chi connectivity index (χ1) is 5.74. The van der Waals surface area contributed by atoms with Crippen LogP contribution in [0.5, 0.6) is 0 Å². The molecule has 0 fully saturated rings. The number of nitrogens with zero attached hydrogens (tertiary/aromatic N) is 1. The Hall–Kier alpha value is -1.03. The molecule has 0 aromatic carbocycles. The summed E-state index contributed by atoms with van der Waals surface area (Å²) in [7, 11) is 0. The molecule has 0 aromatic rings. The molecular weight excluding hydrogens is 146 g/mol. The van der Waals surface area contributed by atoms with E-state index in [0.717, 1.165) is 19.3 Å². The van der Waals surface area contributed by atoms with Crippen LogP contribution in [-0.2, 0) is 0 Å². The van der Waals surface area contributed by atoms with Crippen LogP contribution >= 0.6 is 0 Å². The van der Waals surface area contributed by atoms with Crippen LogP contribution in [0, 0.1) is 16.7 Å². The first-order valence-electron chi connectivity index (χ1n) is 4.40. The molecule has 0 radical (unpaired) electrons. The minimum Gasteiger partial charge on any atom is -0.197 e. The van der Waals surface area contributed by atoms with Gasteiger partial charge in [-0.05, 0) is 19.8 Å². The van der Waals surface area contributed by atoms with Crippen molar-refractivity contribution in [3.8, 4) is 6.07 Å². The molecule has 1 heteroatoms. The Balaban J connectivity index is 4.52. The van der Waals surface area contributed by atoms with E-state index in [1.165, 1.54) is 0 Å². The monoisotopic (exact) mass is 163 g/mol. The number of hydrogen-bond acceptors (Lipinski definition) is 1. The maximum atomic E-state index is 9.02. The Kier molecular flexibility index (Phi) is 5.12. The van der Waals surface area contributed by atoms with Crippen molar-refractivity contribution >= 4 is 0 Å². The summed E-state index contributed by atoms with van der Waals surface area (Å²) in [5, 5.41) is 9.02. The first-order valence-corrected chi connectivity index (χ1v) is 4.40. The summed E-state index contributed by atoms with van der Waals surface area (Å²) >= 11 is 0. The van der Waals surface area contributed by atoms with Gasteiger partial charge in [-0.15, -0.1) is 6.58 Å². The molecule has 0 aliphatic rings. The average Bonchev–Trinajstić information content (AvgIpc) is 2.06. The molecule has 0 saturated heterocycles. The van der Waals surface area contributed by atoms with E-state index in [1.807, 2.05) is 25.2 Å². The standard InChI is InChI=1S/C11H17N/c1-4-7-11(10-12,8-5-2)9-6-3/h4-5,8H,1,6-7,9H2,2-3H3. The highest BCUT2D eigenvalue weighted by molar-refractivity contribution is 5.13. The third-order valence-electron chi connectivity index (χ3n) is 1.91. The third kappa shape index (κ3) is 2.92. The van der Waals surface area contributed by atoms with Crippen LogP contribution in [0.4, 0.5) is 0 Å². The number of rotatable bonds is 5. The van der Waals surface area contributed by atoms with Gasteiger partial charge >= 0.3 is 0 Å². The smallest absolute Gasteiger partial charge is 0.0787 e. The zero-order chi connectivity index (χ0) is 9.45. The maximum Gasteiger partial charge on any atom is 0.0787 e. The SMILES string of the molecule is C=CCC(C#N)(C=CC)CCC. The molecular formula is C11H17N. The van der Waals surface area contributed by atoms with Crippen molar-refractivity contribution in [2.24, 2.45) is 5.41 Å². The van der Waals surface area contributed by atoms with Gasteiger partial charge in [0, 0.05) is 0 Å². The van der Waals surface area contributed by atoms with Gasteiger partial charge < -0.3 is 0 Å². The van der Waals surface area contributed by atoms with Crippen LogP contribution in [0.3, 0.4) is 0 Å². The lowest BCUT2D eigenvalue weighted by Gasteiger charge is -2.19. The number of nitriles is 1. The van der Waals surface area contributed by atoms with Gasteiger partial charge in [-0.2, -0.15) is 5.26 Å². The van der Waals surface area contributed by atoms with Gasteiger partial charge in [0.25, 0.3) is 0 Å². The molecule has 0 saturated carbocycles. The van der Waals surface area contributed by atoms with Crippen molar-refractivity contribution in [2.75, 3.05) is 0 Å². The van der Waals surface area contributed by atoms with Crippen LogP contribution in [-0.4, -0.2) is 0 Å². The second-order valence-corrected chi connectivity index (χ2v) is 3.01. The molecule has 0 amide bonds. The minimum absolute atomic E-state index is 0.300. The summed E-state index contributed by atoms with van der Waals surface area (Å²) in [5.41, 5.74) is -0.300.